The largest absolute Gasteiger partial charge is 0.339 e. The topological polar surface area (TPSA) is 20.3 Å². The zero-order valence-corrected chi connectivity index (χ0v) is 11.4. The summed E-state index contributed by atoms with van der Waals surface area (Å²) >= 11 is 9.07. The van der Waals surface area contributed by atoms with E-state index in [1.807, 2.05) is 13.8 Å². The highest BCUT2D eigenvalue weighted by Gasteiger charge is 2.18. The number of benzene rings is 1. The molecule has 1 aromatic carbocycles. The minimum absolute atomic E-state index is 0.192. The lowest BCUT2D eigenvalue weighted by Gasteiger charge is -2.19. The third-order valence-corrected chi connectivity index (χ3v) is 3.53. The molecule has 16 heavy (non-hydrogen) atoms. The first kappa shape index (κ1) is 13.5. The normalized spacial score (nSPS) is 10.3. The van der Waals surface area contributed by atoms with E-state index in [-0.39, 0.29) is 16.5 Å². The van der Waals surface area contributed by atoms with E-state index < -0.39 is 5.82 Å². The van der Waals surface area contributed by atoms with Crippen molar-refractivity contribution in [3.8, 4) is 0 Å². The van der Waals surface area contributed by atoms with Crippen molar-refractivity contribution in [1.82, 2.24) is 4.90 Å². The molecule has 0 aliphatic carbocycles. The summed E-state index contributed by atoms with van der Waals surface area (Å²) in [4.78, 5) is 13.6. The van der Waals surface area contributed by atoms with Crippen LogP contribution in [0.2, 0.25) is 5.02 Å². The number of carbonyl (C=O) groups excluding carboxylic acids is 1. The van der Waals surface area contributed by atoms with Crippen LogP contribution in [0.25, 0.3) is 0 Å². The second kappa shape index (κ2) is 5.64. The lowest BCUT2D eigenvalue weighted by molar-refractivity contribution is 0.0772. The second-order valence-electron chi connectivity index (χ2n) is 3.23. The average Bonchev–Trinajstić information content (AvgIpc) is 2.24. The summed E-state index contributed by atoms with van der Waals surface area (Å²) in [5.41, 5.74) is 0.192. The van der Waals surface area contributed by atoms with Gasteiger partial charge in [0.25, 0.3) is 5.91 Å². The van der Waals surface area contributed by atoms with E-state index in [0.717, 1.165) is 6.07 Å². The molecule has 88 valence electrons. The van der Waals surface area contributed by atoms with Crippen molar-refractivity contribution in [3.05, 3.63) is 33.0 Å². The van der Waals surface area contributed by atoms with Crippen molar-refractivity contribution in [2.75, 3.05) is 13.1 Å². The van der Waals surface area contributed by atoms with Crippen LogP contribution in [0.5, 0.6) is 0 Å². The van der Waals surface area contributed by atoms with Gasteiger partial charge in [-0.05, 0) is 41.9 Å². The standard InChI is InChI=1S/C11H12BrClFNO/c1-3-15(4-2)11(16)8-5-7(14)6-9(12)10(8)13/h5-6H,3-4H2,1-2H3. The fourth-order valence-corrected chi connectivity index (χ4v) is 2.01. The molecule has 0 unspecified atom stereocenters. The molecule has 0 radical (unpaired) electrons. The Hall–Kier alpha value is -0.610. The molecule has 1 amide bonds. The van der Waals surface area contributed by atoms with E-state index in [0.29, 0.717) is 17.6 Å². The molecule has 5 heteroatoms. The van der Waals surface area contributed by atoms with E-state index in [1.54, 1.807) is 4.90 Å². The Bertz CT molecular complexity index is 407. The molecule has 0 heterocycles. The molecule has 0 atom stereocenters. The van der Waals surface area contributed by atoms with Crippen LogP contribution in [0, 0.1) is 5.82 Å². The highest BCUT2D eigenvalue weighted by atomic mass is 79.9. The van der Waals surface area contributed by atoms with Crippen LogP contribution in [-0.2, 0) is 0 Å². The van der Waals surface area contributed by atoms with Crippen LogP contribution in [-0.4, -0.2) is 23.9 Å². The molecule has 1 aromatic rings. The van der Waals surface area contributed by atoms with E-state index >= 15 is 0 Å². The summed E-state index contributed by atoms with van der Waals surface area (Å²) in [5, 5.41) is 0.248. The van der Waals surface area contributed by atoms with Gasteiger partial charge < -0.3 is 4.90 Å². The van der Waals surface area contributed by atoms with Crippen LogP contribution in [0.4, 0.5) is 4.39 Å². The molecule has 0 saturated heterocycles. The van der Waals surface area contributed by atoms with Gasteiger partial charge in [0.15, 0.2) is 0 Å². The van der Waals surface area contributed by atoms with Crippen molar-refractivity contribution in [2.45, 2.75) is 13.8 Å². The Kier molecular flexibility index (Phi) is 4.74. The van der Waals surface area contributed by atoms with E-state index in [1.165, 1.54) is 6.07 Å². The fourth-order valence-electron chi connectivity index (χ4n) is 1.39. The van der Waals surface area contributed by atoms with Gasteiger partial charge in [0, 0.05) is 17.6 Å². The Morgan fingerprint density at radius 3 is 2.50 bits per heavy atom. The monoisotopic (exact) mass is 307 g/mol. The van der Waals surface area contributed by atoms with Crippen LogP contribution < -0.4 is 0 Å². The number of halogens is 3. The first-order chi connectivity index (χ1) is 7.51. The predicted molar refractivity (Wildman–Crippen MR) is 66.4 cm³/mol. The summed E-state index contributed by atoms with van der Waals surface area (Å²) in [6, 6.07) is 2.40. The van der Waals surface area contributed by atoms with Gasteiger partial charge in [-0.3, -0.25) is 4.79 Å². The molecule has 1 rings (SSSR count). The molecule has 0 bridgehead atoms. The van der Waals surface area contributed by atoms with Crippen molar-refractivity contribution < 1.29 is 9.18 Å². The highest BCUT2D eigenvalue weighted by molar-refractivity contribution is 9.10. The van der Waals surface area contributed by atoms with Gasteiger partial charge in [0.05, 0.1) is 10.6 Å². The Morgan fingerprint density at radius 1 is 1.44 bits per heavy atom. The van der Waals surface area contributed by atoms with Crippen LogP contribution in [0.1, 0.15) is 24.2 Å². The SMILES string of the molecule is CCN(CC)C(=O)c1cc(F)cc(Br)c1Cl. The Balaban J connectivity index is 3.17. The molecular formula is C11H12BrClFNO. The number of carbonyl (C=O) groups is 1. The van der Waals surface area contributed by atoms with Gasteiger partial charge in [0.2, 0.25) is 0 Å². The quantitative estimate of drug-likeness (QED) is 0.779. The van der Waals surface area contributed by atoms with E-state index in [2.05, 4.69) is 15.9 Å². The molecule has 0 N–H and O–H groups in total. The fraction of sp³-hybridized carbons (Fsp3) is 0.364. The lowest BCUT2D eigenvalue weighted by atomic mass is 10.2. The zero-order chi connectivity index (χ0) is 12.3. The molecule has 0 spiro atoms. The minimum Gasteiger partial charge on any atom is -0.339 e. The third kappa shape index (κ3) is 2.74. The number of hydrogen-bond acceptors (Lipinski definition) is 1. The molecule has 0 aliphatic heterocycles. The summed E-state index contributed by atoms with van der Waals surface area (Å²) in [6.07, 6.45) is 0. The average molecular weight is 309 g/mol. The first-order valence-corrected chi connectivity index (χ1v) is 6.12. The first-order valence-electron chi connectivity index (χ1n) is 4.95. The van der Waals surface area contributed by atoms with Crippen LogP contribution in [0.15, 0.2) is 16.6 Å². The van der Waals surface area contributed by atoms with Gasteiger partial charge in [-0.15, -0.1) is 0 Å². The van der Waals surface area contributed by atoms with Crippen molar-refractivity contribution in [3.63, 3.8) is 0 Å². The molecule has 0 aliphatic rings. The number of amides is 1. The Morgan fingerprint density at radius 2 is 2.00 bits per heavy atom. The van der Waals surface area contributed by atoms with Gasteiger partial charge in [-0.25, -0.2) is 4.39 Å². The molecule has 0 fully saturated rings. The predicted octanol–water partition coefficient (Wildman–Crippen LogP) is 3.72. The van der Waals surface area contributed by atoms with E-state index in [4.69, 9.17) is 11.6 Å². The Labute approximate surface area is 108 Å². The molecule has 0 aromatic heterocycles. The van der Waals surface area contributed by atoms with Gasteiger partial charge in [-0.1, -0.05) is 11.6 Å². The summed E-state index contributed by atoms with van der Waals surface area (Å²) in [6.45, 7) is 4.87. The van der Waals surface area contributed by atoms with Gasteiger partial charge in [0.1, 0.15) is 5.82 Å². The number of hydrogen-bond donors (Lipinski definition) is 0. The molecule has 0 saturated carbocycles. The number of rotatable bonds is 3. The maximum atomic E-state index is 13.2. The van der Waals surface area contributed by atoms with Crippen molar-refractivity contribution in [2.24, 2.45) is 0 Å². The van der Waals surface area contributed by atoms with E-state index in [9.17, 15) is 9.18 Å². The minimum atomic E-state index is -0.480. The van der Waals surface area contributed by atoms with Crippen LogP contribution >= 0.6 is 27.5 Å². The maximum Gasteiger partial charge on any atom is 0.255 e. The number of nitrogens with zero attached hydrogens (tertiary/aromatic N) is 1. The smallest absolute Gasteiger partial charge is 0.255 e. The van der Waals surface area contributed by atoms with Gasteiger partial charge in [-0.2, -0.15) is 0 Å². The van der Waals surface area contributed by atoms with Crippen LogP contribution in [0.3, 0.4) is 0 Å². The summed E-state index contributed by atoms with van der Waals surface area (Å²) in [7, 11) is 0. The summed E-state index contributed by atoms with van der Waals surface area (Å²) < 4.78 is 13.6. The zero-order valence-electron chi connectivity index (χ0n) is 9.06. The second-order valence-corrected chi connectivity index (χ2v) is 4.46. The van der Waals surface area contributed by atoms with Crippen molar-refractivity contribution in [1.29, 1.82) is 0 Å². The summed E-state index contributed by atoms with van der Waals surface area (Å²) in [5.74, 6) is -0.734. The molecular weight excluding hydrogens is 296 g/mol. The lowest BCUT2D eigenvalue weighted by Crippen LogP contribution is -2.30. The van der Waals surface area contributed by atoms with Gasteiger partial charge >= 0.3 is 0 Å². The third-order valence-electron chi connectivity index (χ3n) is 2.27. The maximum absolute atomic E-state index is 13.2. The van der Waals surface area contributed by atoms with Crippen molar-refractivity contribution >= 4 is 33.4 Å². The highest BCUT2D eigenvalue weighted by Crippen LogP contribution is 2.28. The molecule has 2 nitrogen and oxygen atoms in total.